The Kier molecular flexibility index (Phi) is 7.82. The van der Waals surface area contributed by atoms with Crippen molar-refractivity contribution in [3.8, 4) is 11.4 Å². The van der Waals surface area contributed by atoms with Gasteiger partial charge in [-0.3, -0.25) is 19.9 Å². The molecule has 7 nitrogen and oxygen atoms in total. The summed E-state index contributed by atoms with van der Waals surface area (Å²) in [6.07, 6.45) is 6.50. The Morgan fingerprint density at radius 3 is 2.78 bits per heavy atom. The molecule has 4 heterocycles. The Bertz CT molecular complexity index is 1210. The molecular formula is C30H38N6O. The lowest BCUT2D eigenvalue weighted by atomic mass is 9.87. The quantitative estimate of drug-likeness (QED) is 0.391. The highest BCUT2D eigenvalue weighted by Gasteiger charge is 2.33. The van der Waals surface area contributed by atoms with Crippen molar-refractivity contribution in [1.82, 2.24) is 30.3 Å². The van der Waals surface area contributed by atoms with E-state index in [9.17, 15) is 4.79 Å². The van der Waals surface area contributed by atoms with Crippen molar-refractivity contribution in [1.29, 1.82) is 0 Å². The zero-order valence-corrected chi connectivity index (χ0v) is 22.0. The lowest BCUT2D eigenvalue weighted by molar-refractivity contribution is -0.108. The van der Waals surface area contributed by atoms with Gasteiger partial charge < -0.3 is 10.1 Å². The normalized spacial score (nSPS) is 19.5. The highest BCUT2D eigenvalue weighted by Crippen LogP contribution is 2.39. The summed E-state index contributed by atoms with van der Waals surface area (Å²) in [7, 11) is 1.92. The minimum absolute atomic E-state index is 0.157. The first-order valence-corrected chi connectivity index (χ1v) is 13.4. The molecule has 0 bridgehead atoms. The Morgan fingerprint density at radius 1 is 1.22 bits per heavy atom. The molecule has 5 rings (SSSR count). The van der Waals surface area contributed by atoms with E-state index >= 15 is 0 Å². The fraction of sp³-hybridized carbons (Fsp3) is 0.433. The molecule has 0 radical (unpaired) electrons. The second kappa shape index (κ2) is 11.4. The average molecular weight is 499 g/mol. The predicted molar refractivity (Wildman–Crippen MR) is 147 cm³/mol. The molecule has 3 aromatic rings. The van der Waals surface area contributed by atoms with Crippen LogP contribution in [0.3, 0.4) is 0 Å². The van der Waals surface area contributed by atoms with Gasteiger partial charge in [-0.1, -0.05) is 30.8 Å². The molecule has 0 saturated carbocycles. The van der Waals surface area contributed by atoms with Crippen LogP contribution in [0.1, 0.15) is 67.0 Å². The number of aldehydes is 1. The van der Waals surface area contributed by atoms with Gasteiger partial charge in [-0.15, -0.1) is 0 Å². The van der Waals surface area contributed by atoms with Gasteiger partial charge in [0.1, 0.15) is 12.0 Å². The lowest BCUT2D eigenvalue weighted by Gasteiger charge is -2.32. The number of hydrogen-bond acceptors (Lipinski definition) is 6. The first-order valence-electron chi connectivity index (χ1n) is 13.4. The van der Waals surface area contributed by atoms with Crippen molar-refractivity contribution in [3.63, 3.8) is 0 Å². The van der Waals surface area contributed by atoms with Gasteiger partial charge in [0.2, 0.25) is 0 Å². The van der Waals surface area contributed by atoms with Gasteiger partial charge in [-0.25, -0.2) is 0 Å². The van der Waals surface area contributed by atoms with Gasteiger partial charge >= 0.3 is 0 Å². The number of benzene rings is 1. The number of piperidine rings is 1. The van der Waals surface area contributed by atoms with E-state index in [1.54, 1.807) is 6.20 Å². The monoisotopic (exact) mass is 498 g/mol. The number of likely N-dealkylation sites (N-methyl/N-ethyl adjacent to an activating group) is 1. The number of carbonyl (C=O) groups excluding carboxylic acids is 1. The maximum Gasteiger partial charge on any atom is 0.120 e. The molecule has 1 saturated heterocycles. The molecule has 37 heavy (non-hydrogen) atoms. The molecule has 1 fully saturated rings. The summed E-state index contributed by atoms with van der Waals surface area (Å²) in [6.45, 7) is 10.5. The molecule has 0 aliphatic carbocycles. The van der Waals surface area contributed by atoms with E-state index in [4.69, 9.17) is 0 Å². The summed E-state index contributed by atoms with van der Waals surface area (Å²) < 4.78 is 0. The number of pyridine rings is 1. The van der Waals surface area contributed by atoms with E-state index in [2.05, 4.69) is 68.1 Å². The summed E-state index contributed by atoms with van der Waals surface area (Å²) in [5.74, 6) is 0.592. The smallest absolute Gasteiger partial charge is 0.120 e. The summed E-state index contributed by atoms with van der Waals surface area (Å²) in [6, 6.07) is 15.6. The van der Waals surface area contributed by atoms with Crippen LogP contribution in [0.25, 0.3) is 11.4 Å². The van der Waals surface area contributed by atoms with Crippen LogP contribution in [0.4, 0.5) is 0 Å². The van der Waals surface area contributed by atoms with E-state index in [0.29, 0.717) is 18.4 Å². The van der Waals surface area contributed by atoms with Crippen LogP contribution < -0.4 is 5.32 Å². The van der Waals surface area contributed by atoms with Crippen molar-refractivity contribution in [3.05, 3.63) is 83.3 Å². The minimum Gasteiger partial charge on any atom is -0.391 e. The summed E-state index contributed by atoms with van der Waals surface area (Å²) in [4.78, 5) is 20.5. The van der Waals surface area contributed by atoms with Crippen LogP contribution >= 0.6 is 0 Å². The number of aromatic nitrogens is 3. The third-order valence-electron chi connectivity index (χ3n) is 8.16. The number of nitrogens with one attached hydrogen (secondary N) is 2. The van der Waals surface area contributed by atoms with Gasteiger partial charge in [0.05, 0.1) is 11.7 Å². The van der Waals surface area contributed by atoms with E-state index in [-0.39, 0.29) is 6.04 Å². The number of carbonyl (C=O) groups is 1. The van der Waals surface area contributed by atoms with E-state index in [1.807, 2.05) is 25.2 Å². The Balaban J connectivity index is 1.19. The molecule has 7 heteroatoms. The number of hydrogen-bond donors (Lipinski definition) is 2. The van der Waals surface area contributed by atoms with E-state index < -0.39 is 0 Å². The molecule has 0 spiro atoms. The molecule has 0 amide bonds. The van der Waals surface area contributed by atoms with Crippen LogP contribution in [-0.4, -0.2) is 57.4 Å². The first kappa shape index (κ1) is 25.4. The molecule has 2 unspecified atom stereocenters. The molecule has 2 aliphatic heterocycles. The molecule has 1 aromatic carbocycles. The van der Waals surface area contributed by atoms with Crippen molar-refractivity contribution in [2.45, 2.75) is 63.7 Å². The second-order valence-electron chi connectivity index (χ2n) is 10.4. The number of rotatable bonds is 10. The van der Waals surface area contributed by atoms with Crippen LogP contribution in [0.15, 0.2) is 60.9 Å². The van der Waals surface area contributed by atoms with Gasteiger partial charge in [-0.05, 0) is 80.1 Å². The van der Waals surface area contributed by atoms with Crippen molar-refractivity contribution < 1.29 is 4.79 Å². The van der Waals surface area contributed by atoms with Crippen molar-refractivity contribution >= 4 is 6.29 Å². The van der Waals surface area contributed by atoms with Gasteiger partial charge in [0.25, 0.3) is 0 Å². The van der Waals surface area contributed by atoms with Gasteiger partial charge in [0, 0.05) is 50.2 Å². The molecule has 2 N–H and O–H groups in total. The van der Waals surface area contributed by atoms with E-state index in [1.165, 1.54) is 16.7 Å². The largest absolute Gasteiger partial charge is 0.391 e. The SMILES string of the molecule is C=C(NC)C(CCC=O)N1Cc2cc(C3CCN(Cc4cc(-c5ccccn5)n[nH]4)CC3)ccc2C1C. The fourth-order valence-corrected chi connectivity index (χ4v) is 6.00. The number of nitrogens with zero attached hydrogens (tertiary/aromatic N) is 4. The zero-order chi connectivity index (χ0) is 25.8. The average Bonchev–Trinajstić information content (AvgIpc) is 3.54. The first-order chi connectivity index (χ1) is 18.1. The fourth-order valence-electron chi connectivity index (χ4n) is 6.00. The number of fused-ring (bicyclic) bond motifs is 1. The summed E-state index contributed by atoms with van der Waals surface area (Å²) >= 11 is 0. The molecule has 2 atom stereocenters. The van der Waals surface area contributed by atoms with Crippen LogP contribution in [-0.2, 0) is 17.9 Å². The maximum absolute atomic E-state index is 11.1. The van der Waals surface area contributed by atoms with Gasteiger partial charge in [0.15, 0.2) is 0 Å². The van der Waals surface area contributed by atoms with Crippen LogP contribution in [0.5, 0.6) is 0 Å². The third-order valence-corrected chi connectivity index (χ3v) is 8.16. The van der Waals surface area contributed by atoms with Crippen LogP contribution in [0.2, 0.25) is 0 Å². The zero-order valence-electron chi connectivity index (χ0n) is 22.0. The molecular weight excluding hydrogens is 460 g/mol. The van der Waals surface area contributed by atoms with Gasteiger partial charge in [-0.2, -0.15) is 5.10 Å². The Labute approximate surface area is 220 Å². The number of H-pyrrole nitrogens is 1. The van der Waals surface area contributed by atoms with Crippen molar-refractivity contribution in [2.75, 3.05) is 20.1 Å². The summed E-state index contributed by atoms with van der Waals surface area (Å²) in [5, 5.41) is 10.9. The molecule has 194 valence electrons. The minimum atomic E-state index is 0.157. The molecule has 2 aliphatic rings. The lowest BCUT2D eigenvalue weighted by Crippen LogP contribution is -2.37. The highest BCUT2D eigenvalue weighted by atomic mass is 16.1. The molecule has 2 aromatic heterocycles. The highest BCUT2D eigenvalue weighted by molar-refractivity contribution is 5.53. The van der Waals surface area contributed by atoms with Crippen molar-refractivity contribution in [2.24, 2.45) is 0 Å². The Morgan fingerprint density at radius 2 is 2.05 bits per heavy atom. The summed E-state index contributed by atoms with van der Waals surface area (Å²) in [5.41, 5.74) is 8.22. The predicted octanol–water partition coefficient (Wildman–Crippen LogP) is 4.81. The maximum atomic E-state index is 11.1. The Hall–Kier alpha value is -3.29. The number of aromatic amines is 1. The number of likely N-dealkylation sites (tertiary alicyclic amines) is 1. The van der Waals surface area contributed by atoms with E-state index in [0.717, 1.165) is 74.5 Å². The second-order valence-corrected chi connectivity index (χ2v) is 10.4. The third kappa shape index (κ3) is 5.53. The standard InChI is InChI=1S/C30H38N6O/c1-21(31-3)30(8-6-16-37)36-19-25-17-24(9-10-27(25)22(36)2)23-11-14-35(15-12-23)20-26-18-29(34-33-26)28-7-4-5-13-32-28/h4-5,7,9-10,13,16-18,22-23,30-31H,1,6,8,11-12,14-15,19-20H2,2-3H3,(H,33,34). The topological polar surface area (TPSA) is 77.2 Å². The van der Waals surface area contributed by atoms with Crippen LogP contribution in [0, 0.1) is 0 Å².